The van der Waals surface area contributed by atoms with E-state index in [1.165, 1.54) is 24.9 Å². The van der Waals surface area contributed by atoms with Gasteiger partial charge in [0.15, 0.2) is 16.7 Å². The van der Waals surface area contributed by atoms with E-state index < -0.39 is 11.5 Å². The summed E-state index contributed by atoms with van der Waals surface area (Å²) in [5.41, 5.74) is 1.70. The fourth-order valence-electron chi connectivity index (χ4n) is 3.60. The van der Waals surface area contributed by atoms with Crippen LogP contribution in [0.1, 0.15) is 29.0 Å². The van der Waals surface area contributed by atoms with Crippen LogP contribution >= 0.6 is 23.4 Å². The Kier molecular flexibility index (Phi) is 5.93. The maximum absolute atomic E-state index is 13.0. The van der Waals surface area contributed by atoms with E-state index in [1.807, 2.05) is 24.3 Å². The van der Waals surface area contributed by atoms with Crippen molar-refractivity contribution >= 4 is 35.1 Å². The van der Waals surface area contributed by atoms with Crippen molar-refractivity contribution in [1.82, 2.24) is 9.55 Å². The summed E-state index contributed by atoms with van der Waals surface area (Å²) in [5, 5.41) is 14.1. The van der Waals surface area contributed by atoms with Gasteiger partial charge in [0.25, 0.3) is 5.56 Å². The van der Waals surface area contributed by atoms with E-state index in [0.29, 0.717) is 38.6 Å². The van der Waals surface area contributed by atoms with Crippen LogP contribution in [0.5, 0.6) is 11.5 Å². The molecule has 1 atom stereocenters. The van der Waals surface area contributed by atoms with Crippen LogP contribution in [0, 0.1) is 0 Å². The zero-order valence-corrected chi connectivity index (χ0v) is 18.5. The molecule has 0 bridgehead atoms. The summed E-state index contributed by atoms with van der Waals surface area (Å²) in [5.74, 6) is 0.580. The topological polar surface area (TPSA) is 93.5 Å². The first kappa shape index (κ1) is 21.3. The number of hydrogen-bond acceptors (Lipinski definition) is 6. The lowest BCUT2D eigenvalue weighted by Crippen LogP contribution is -2.33. The van der Waals surface area contributed by atoms with Gasteiger partial charge >= 0.3 is 0 Å². The molecule has 1 aliphatic rings. The largest absolute Gasteiger partial charge is 0.504 e. The van der Waals surface area contributed by atoms with E-state index in [0.717, 1.165) is 5.56 Å². The Morgan fingerprint density at radius 1 is 1.26 bits per heavy atom. The minimum atomic E-state index is -0.512. The third-order valence-corrected chi connectivity index (χ3v) is 6.54. The predicted molar refractivity (Wildman–Crippen MR) is 120 cm³/mol. The standard InChI is InChI=1S/C22H20ClN3O4S/c1-26-20-19(21(29)25-22(26)31-11-12-3-6-14(23)7-4-12)15(10-18(28)24-20)13-5-8-17(30-2)16(27)9-13/h3-9,15,27H,10-11H2,1-2H3,(H,24,28)/t15-/m0/s1. The monoisotopic (exact) mass is 457 g/mol. The van der Waals surface area contributed by atoms with Gasteiger partial charge in [-0.05, 0) is 35.4 Å². The van der Waals surface area contributed by atoms with Gasteiger partial charge in [-0.1, -0.05) is 41.6 Å². The zero-order chi connectivity index (χ0) is 22.1. The van der Waals surface area contributed by atoms with Gasteiger partial charge in [0, 0.05) is 30.2 Å². The molecule has 0 spiro atoms. The Hall–Kier alpha value is -2.97. The Balaban J connectivity index is 1.70. The van der Waals surface area contributed by atoms with Crippen molar-refractivity contribution in [1.29, 1.82) is 0 Å². The molecule has 0 aliphatic carbocycles. The van der Waals surface area contributed by atoms with Gasteiger partial charge in [-0.15, -0.1) is 0 Å². The van der Waals surface area contributed by atoms with Crippen LogP contribution in [0.25, 0.3) is 0 Å². The van der Waals surface area contributed by atoms with Crippen molar-refractivity contribution in [3.05, 3.63) is 74.5 Å². The number of amides is 1. The average molecular weight is 458 g/mol. The molecule has 160 valence electrons. The molecule has 0 saturated carbocycles. The van der Waals surface area contributed by atoms with E-state index in [2.05, 4.69) is 10.3 Å². The lowest BCUT2D eigenvalue weighted by atomic mass is 9.86. The lowest BCUT2D eigenvalue weighted by molar-refractivity contribution is -0.116. The van der Waals surface area contributed by atoms with E-state index >= 15 is 0 Å². The smallest absolute Gasteiger partial charge is 0.279 e. The zero-order valence-electron chi connectivity index (χ0n) is 16.9. The summed E-state index contributed by atoms with van der Waals surface area (Å²) in [4.78, 5) is 29.7. The molecule has 2 N–H and O–H groups in total. The maximum atomic E-state index is 13.0. The molecule has 0 saturated heterocycles. The number of rotatable bonds is 5. The number of halogens is 1. The number of carbonyl (C=O) groups excluding carboxylic acids is 1. The van der Waals surface area contributed by atoms with Crippen LogP contribution in [0.3, 0.4) is 0 Å². The van der Waals surface area contributed by atoms with Crippen LogP contribution in [-0.4, -0.2) is 27.7 Å². The summed E-state index contributed by atoms with van der Waals surface area (Å²) >= 11 is 7.33. The Morgan fingerprint density at radius 3 is 2.68 bits per heavy atom. The highest BCUT2D eigenvalue weighted by molar-refractivity contribution is 7.98. The number of phenolic OH excluding ortho intramolecular Hbond substituents is 1. The molecule has 9 heteroatoms. The molecular weight excluding hydrogens is 438 g/mol. The number of methoxy groups -OCH3 is 1. The van der Waals surface area contributed by atoms with Crippen molar-refractivity contribution in [3.63, 3.8) is 0 Å². The Bertz CT molecular complexity index is 1210. The molecule has 1 aliphatic heterocycles. The van der Waals surface area contributed by atoms with Crippen LogP contribution < -0.4 is 15.6 Å². The second-order valence-electron chi connectivity index (χ2n) is 7.17. The molecule has 3 aromatic rings. The molecule has 7 nitrogen and oxygen atoms in total. The molecule has 4 rings (SSSR count). The van der Waals surface area contributed by atoms with E-state index in [1.54, 1.807) is 23.7 Å². The first-order valence-corrected chi connectivity index (χ1v) is 10.9. The summed E-state index contributed by atoms with van der Waals surface area (Å²) < 4.78 is 6.82. The average Bonchev–Trinajstić information content (AvgIpc) is 2.75. The van der Waals surface area contributed by atoms with Gasteiger partial charge in [0.05, 0.1) is 12.7 Å². The van der Waals surface area contributed by atoms with Crippen molar-refractivity contribution in [2.45, 2.75) is 23.2 Å². The fourth-order valence-corrected chi connectivity index (χ4v) is 4.65. The molecule has 1 aromatic heterocycles. The molecule has 0 radical (unpaired) electrons. The normalized spacial score (nSPS) is 15.3. The third kappa shape index (κ3) is 4.26. The van der Waals surface area contributed by atoms with Gasteiger partial charge in [-0.25, -0.2) is 0 Å². The van der Waals surface area contributed by atoms with Crippen molar-refractivity contribution < 1.29 is 14.6 Å². The Morgan fingerprint density at radius 2 is 2.00 bits per heavy atom. The Labute approximate surface area is 188 Å². The number of carbonyl (C=O) groups is 1. The van der Waals surface area contributed by atoms with Crippen LogP contribution in [0.15, 0.2) is 52.4 Å². The number of benzene rings is 2. The molecule has 2 heterocycles. The molecule has 1 amide bonds. The molecule has 0 fully saturated rings. The minimum absolute atomic E-state index is 0.0487. The van der Waals surface area contributed by atoms with Gasteiger partial charge in [-0.3, -0.25) is 9.59 Å². The van der Waals surface area contributed by atoms with Gasteiger partial charge in [0.2, 0.25) is 5.91 Å². The highest BCUT2D eigenvalue weighted by Gasteiger charge is 2.32. The predicted octanol–water partition coefficient (Wildman–Crippen LogP) is 3.91. The molecular formula is C22H20ClN3O4S. The summed E-state index contributed by atoms with van der Waals surface area (Å²) in [6, 6.07) is 12.3. The lowest BCUT2D eigenvalue weighted by Gasteiger charge is -2.27. The van der Waals surface area contributed by atoms with Crippen molar-refractivity contribution in [2.24, 2.45) is 7.05 Å². The quantitative estimate of drug-likeness (QED) is 0.445. The summed E-state index contributed by atoms with van der Waals surface area (Å²) in [6.07, 6.45) is 0.0902. The first-order chi connectivity index (χ1) is 14.9. The van der Waals surface area contributed by atoms with Gasteiger partial charge in [0.1, 0.15) is 5.82 Å². The highest BCUT2D eigenvalue weighted by atomic mass is 35.5. The fraction of sp³-hybridized carbons (Fsp3) is 0.227. The van der Waals surface area contributed by atoms with Crippen molar-refractivity contribution in [2.75, 3.05) is 12.4 Å². The van der Waals surface area contributed by atoms with E-state index in [-0.39, 0.29) is 18.1 Å². The van der Waals surface area contributed by atoms with E-state index in [4.69, 9.17) is 16.3 Å². The number of anilines is 1. The molecule has 0 unspecified atom stereocenters. The third-order valence-electron chi connectivity index (χ3n) is 5.19. The number of fused-ring (bicyclic) bond motifs is 1. The number of phenols is 1. The number of ether oxygens (including phenoxy) is 1. The first-order valence-electron chi connectivity index (χ1n) is 9.52. The number of hydrogen-bond donors (Lipinski definition) is 2. The van der Waals surface area contributed by atoms with Crippen LogP contribution in [0.4, 0.5) is 5.82 Å². The molecule has 2 aromatic carbocycles. The number of aromatic nitrogens is 2. The summed E-state index contributed by atoms with van der Waals surface area (Å²) in [6.45, 7) is 0. The number of nitrogens with zero attached hydrogens (tertiary/aromatic N) is 2. The highest BCUT2D eigenvalue weighted by Crippen LogP contribution is 2.39. The minimum Gasteiger partial charge on any atom is -0.504 e. The molecule has 31 heavy (non-hydrogen) atoms. The van der Waals surface area contributed by atoms with Crippen molar-refractivity contribution in [3.8, 4) is 11.5 Å². The SMILES string of the molecule is COc1ccc([C@@H]2CC(=O)Nc3c2c(=O)nc(SCc2ccc(Cl)cc2)n3C)cc1O. The van der Waals surface area contributed by atoms with E-state index in [9.17, 15) is 14.7 Å². The number of nitrogens with one attached hydrogen (secondary N) is 1. The van der Waals surface area contributed by atoms with Crippen LogP contribution in [0.2, 0.25) is 5.02 Å². The maximum Gasteiger partial charge on any atom is 0.279 e. The summed E-state index contributed by atoms with van der Waals surface area (Å²) in [7, 11) is 3.23. The van der Waals surface area contributed by atoms with Crippen LogP contribution in [-0.2, 0) is 17.6 Å². The number of aromatic hydroxyl groups is 1. The number of thioether (sulfide) groups is 1. The van der Waals surface area contributed by atoms with Gasteiger partial charge in [-0.2, -0.15) is 4.98 Å². The second kappa shape index (κ2) is 8.64. The van der Waals surface area contributed by atoms with Gasteiger partial charge < -0.3 is 19.7 Å². The second-order valence-corrected chi connectivity index (χ2v) is 8.55.